The van der Waals surface area contributed by atoms with Crippen molar-refractivity contribution in [2.45, 2.75) is 43.6 Å². The Morgan fingerprint density at radius 2 is 2.18 bits per heavy atom. The van der Waals surface area contributed by atoms with Gasteiger partial charge in [-0.05, 0) is 50.8 Å². The van der Waals surface area contributed by atoms with Crippen molar-refractivity contribution >= 4 is 27.5 Å². The van der Waals surface area contributed by atoms with E-state index >= 15 is 0 Å². The molecule has 1 aromatic carbocycles. The second kappa shape index (κ2) is 9.43. The lowest BCUT2D eigenvalue weighted by Gasteiger charge is -2.31. The van der Waals surface area contributed by atoms with E-state index in [0.29, 0.717) is 37.6 Å². The molecule has 3 rings (SSSR count). The average Bonchev–Trinajstić information content (AvgIpc) is 3.21. The van der Waals surface area contributed by atoms with Crippen LogP contribution in [0.3, 0.4) is 0 Å². The monoisotopic (exact) mass is 430 g/mol. The van der Waals surface area contributed by atoms with E-state index in [1.54, 1.807) is 19.1 Å². The molecule has 0 spiro atoms. The molecular formula is C19H27ClN2O5S. The second-order valence-electron chi connectivity index (χ2n) is 7.11. The number of sulfonamides is 1. The standard InChI is InChI=1S/C19H27ClN2O5S/c1-2-26-17-8-7-15(20)11-18(17)28(24,25)22-9-3-5-14(13-22)19(23)21-12-16-6-4-10-27-16/h7-8,11,14,16H,2-6,9-10,12-13H2,1H3,(H,21,23). The first kappa shape index (κ1) is 21.4. The molecule has 2 saturated heterocycles. The summed E-state index contributed by atoms with van der Waals surface area (Å²) in [6.45, 7) is 3.87. The lowest BCUT2D eigenvalue weighted by Crippen LogP contribution is -2.46. The number of rotatable bonds is 7. The quantitative estimate of drug-likeness (QED) is 0.718. The Hall–Kier alpha value is -1.35. The van der Waals surface area contributed by atoms with Gasteiger partial charge in [0.15, 0.2) is 0 Å². The lowest BCUT2D eigenvalue weighted by atomic mass is 9.99. The van der Waals surface area contributed by atoms with Gasteiger partial charge in [-0.2, -0.15) is 4.31 Å². The van der Waals surface area contributed by atoms with E-state index in [0.717, 1.165) is 19.4 Å². The van der Waals surface area contributed by atoms with Crippen molar-refractivity contribution in [3.05, 3.63) is 23.2 Å². The van der Waals surface area contributed by atoms with E-state index in [1.165, 1.54) is 10.4 Å². The molecule has 0 aliphatic carbocycles. The fourth-order valence-electron chi connectivity index (χ4n) is 3.64. The predicted molar refractivity (Wildman–Crippen MR) is 106 cm³/mol. The Morgan fingerprint density at radius 3 is 2.89 bits per heavy atom. The number of carbonyl (C=O) groups is 1. The average molecular weight is 431 g/mol. The number of nitrogens with zero attached hydrogens (tertiary/aromatic N) is 1. The molecule has 0 aromatic heterocycles. The summed E-state index contributed by atoms with van der Waals surface area (Å²) in [5.74, 6) is -0.219. The van der Waals surface area contributed by atoms with Gasteiger partial charge in [-0.15, -0.1) is 0 Å². The number of amides is 1. The highest BCUT2D eigenvalue weighted by molar-refractivity contribution is 7.89. The molecule has 2 atom stereocenters. The summed E-state index contributed by atoms with van der Waals surface area (Å²) in [7, 11) is -3.82. The molecule has 28 heavy (non-hydrogen) atoms. The highest BCUT2D eigenvalue weighted by Crippen LogP contribution is 2.32. The van der Waals surface area contributed by atoms with Crippen LogP contribution in [0.1, 0.15) is 32.6 Å². The predicted octanol–water partition coefficient (Wildman–Crippen LogP) is 2.43. The maximum atomic E-state index is 13.2. The van der Waals surface area contributed by atoms with Crippen LogP contribution in [0, 0.1) is 5.92 Å². The Morgan fingerprint density at radius 1 is 1.36 bits per heavy atom. The van der Waals surface area contributed by atoms with Gasteiger partial charge in [-0.1, -0.05) is 11.6 Å². The summed E-state index contributed by atoms with van der Waals surface area (Å²) in [4.78, 5) is 12.6. The SMILES string of the molecule is CCOc1ccc(Cl)cc1S(=O)(=O)N1CCCC(C(=O)NCC2CCCO2)C1. The van der Waals surface area contributed by atoms with Crippen LogP contribution in [0.15, 0.2) is 23.1 Å². The van der Waals surface area contributed by atoms with Crippen molar-refractivity contribution in [3.63, 3.8) is 0 Å². The second-order valence-corrected chi connectivity index (χ2v) is 9.45. The maximum absolute atomic E-state index is 13.2. The summed E-state index contributed by atoms with van der Waals surface area (Å²) >= 11 is 6.03. The fraction of sp³-hybridized carbons (Fsp3) is 0.632. The number of hydrogen-bond donors (Lipinski definition) is 1. The Labute approximate surface area is 171 Å². The molecule has 1 N–H and O–H groups in total. The number of piperidine rings is 1. The highest BCUT2D eigenvalue weighted by atomic mass is 35.5. The molecule has 2 aliphatic heterocycles. The Bertz CT molecular complexity index is 796. The zero-order valence-corrected chi connectivity index (χ0v) is 17.6. The van der Waals surface area contributed by atoms with Crippen molar-refractivity contribution in [2.24, 2.45) is 5.92 Å². The third kappa shape index (κ3) is 4.97. The molecule has 2 aliphatic rings. The van der Waals surface area contributed by atoms with Crippen LogP contribution < -0.4 is 10.1 Å². The number of halogens is 1. The highest BCUT2D eigenvalue weighted by Gasteiger charge is 2.35. The molecule has 2 fully saturated rings. The Kier molecular flexibility index (Phi) is 7.20. The van der Waals surface area contributed by atoms with Crippen LogP contribution in [0.5, 0.6) is 5.75 Å². The number of ether oxygens (including phenoxy) is 2. The van der Waals surface area contributed by atoms with Gasteiger partial charge in [0.05, 0.1) is 18.6 Å². The topological polar surface area (TPSA) is 84.9 Å². The minimum atomic E-state index is -3.82. The molecule has 2 heterocycles. The van der Waals surface area contributed by atoms with Crippen molar-refractivity contribution in [1.29, 1.82) is 0 Å². The molecule has 0 radical (unpaired) electrons. The van der Waals surface area contributed by atoms with Gasteiger partial charge < -0.3 is 14.8 Å². The summed E-state index contributed by atoms with van der Waals surface area (Å²) in [5.41, 5.74) is 0. The first-order chi connectivity index (χ1) is 13.4. The van der Waals surface area contributed by atoms with Gasteiger partial charge in [-0.3, -0.25) is 4.79 Å². The van der Waals surface area contributed by atoms with E-state index in [9.17, 15) is 13.2 Å². The van der Waals surface area contributed by atoms with Gasteiger partial charge in [-0.25, -0.2) is 8.42 Å². The van der Waals surface area contributed by atoms with E-state index in [4.69, 9.17) is 21.1 Å². The number of benzene rings is 1. The summed E-state index contributed by atoms with van der Waals surface area (Å²) < 4.78 is 38.8. The number of carbonyl (C=O) groups excluding carboxylic acids is 1. The summed E-state index contributed by atoms with van der Waals surface area (Å²) in [5, 5.41) is 3.24. The van der Waals surface area contributed by atoms with Crippen LogP contribution >= 0.6 is 11.6 Å². The van der Waals surface area contributed by atoms with Gasteiger partial charge in [0.1, 0.15) is 10.6 Å². The van der Waals surface area contributed by atoms with Crippen LogP contribution in [0.2, 0.25) is 5.02 Å². The lowest BCUT2D eigenvalue weighted by molar-refractivity contribution is -0.126. The molecule has 9 heteroatoms. The van der Waals surface area contributed by atoms with Crippen LogP contribution in [-0.2, 0) is 19.6 Å². The van der Waals surface area contributed by atoms with E-state index < -0.39 is 10.0 Å². The van der Waals surface area contributed by atoms with Gasteiger partial charge in [0, 0.05) is 31.3 Å². The van der Waals surface area contributed by atoms with Crippen LogP contribution in [0.25, 0.3) is 0 Å². The minimum Gasteiger partial charge on any atom is -0.492 e. The first-order valence-corrected chi connectivity index (χ1v) is 11.6. The normalized spacial score (nSPS) is 23.5. The molecule has 2 unspecified atom stereocenters. The van der Waals surface area contributed by atoms with Gasteiger partial charge in [0.25, 0.3) is 0 Å². The largest absolute Gasteiger partial charge is 0.492 e. The smallest absolute Gasteiger partial charge is 0.246 e. The van der Waals surface area contributed by atoms with Crippen molar-refractivity contribution in [1.82, 2.24) is 9.62 Å². The zero-order valence-electron chi connectivity index (χ0n) is 16.0. The molecule has 1 amide bonds. The third-order valence-corrected chi connectivity index (χ3v) is 7.23. The maximum Gasteiger partial charge on any atom is 0.246 e. The van der Waals surface area contributed by atoms with Crippen LogP contribution in [-0.4, -0.2) is 57.6 Å². The van der Waals surface area contributed by atoms with Crippen molar-refractivity contribution in [2.75, 3.05) is 32.8 Å². The van der Waals surface area contributed by atoms with E-state index in [-0.39, 0.29) is 35.1 Å². The Balaban J connectivity index is 1.70. The number of nitrogens with one attached hydrogen (secondary N) is 1. The molecule has 0 saturated carbocycles. The molecule has 0 bridgehead atoms. The molecular weight excluding hydrogens is 404 g/mol. The summed E-state index contributed by atoms with van der Waals surface area (Å²) in [6.07, 6.45) is 3.31. The van der Waals surface area contributed by atoms with Crippen molar-refractivity contribution in [3.8, 4) is 5.75 Å². The molecule has 7 nitrogen and oxygen atoms in total. The van der Waals surface area contributed by atoms with E-state index in [1.807, 2.05) is 0 Å². The number of hydrogen-bond acceptors (Lipinski definition) is 5. The van der Waals surface area contributed by atoms with Crippen molar-refractivity contribution < 1.29 is 22.7 Å². The fourth-order valence-corrected chi connectivity index (χ4v) is 5.55. The zero-order chi connectivity index (χ0) is 20.1. The minimum absolute atomic E-state index is 0.0438. The van der Waals surface area contributed by atoms with E-state index in [2.05, 4.69) is 5.32 Å². The molecule has 1 aromatic rings. The molecule has 156 valence electrons. The summed E-state index contributed by atoms with van der Waals surface area (Å²) in [6, 6.07) is 4.57. The first-order valence-electron chi connectivity index (χ1n) is 9.73. The van der Waals surface area contributed by atoms with Crippen LogP contribution in [0.4, 0.5) is 0 Å². The van der Waals surface area contributed by atoms with Gasteiger partial charge in [0.2, 0.25) is 15.9 Å². The third-order valence-electron chi connectivity index (χ3n) is 5.11. The van der Waals surface area contributed by atoms with Gasteiger partial charge >= 0.3 is 0 Å².